The van der Waals surface area contributed by atoms with Gasteiger partial charge < -0.3 is 4.74 Å². The predicted molar refractivity (Wildman–Crippen MR) is 74.5 cm³/mol. The molecule has 1 fully saturated rings. The van der Waals surface area contributed by atoms with Gasteiger partial charge in [0.2, 0.25) is 0 Å². The van der Waals surface area contributed by atoms with Crippen molar-refractivity contribution in [2.45, 2.75) is 0 Å². The molecule has 4 nitrogen and oxygen atoms in total. The number of benzene rings is 1. The van der Waals surface area contributed by atoms with E-state index in [1.807, 2.05) is 24.3 Å². The van der Waals surface area contributed by atoms with Crippen LogP contribution in [0.1, 0.15) is 5.56 Å². The van der Waals surface area contributed by atoms with Crippen molar-refractivity contribution in [3.63, 3.8) is 0 Å². The zero-order valence-corrected chi connectivity index (χ0v) is 11.3. The summed E-state index contributed by atoms with van der Waals surface area (Å²) in [6.07, 6.45) is 0. The van der Waals surface area contributed by atoms with Gasteiger partial charge in [0.15, 0.2) is 5.84 Å². The van der Waals surface area contributed by atoms with Crippen LogP contribution in [0.3, 0.4) is 0 Å². The molecular weight excluding hydrogens is 270 g/mol. The van der Waals surface area contributed by atoms with E-state index in [-0.39, 0.29) is 0 Å². The first kappa shape index (κ1) is 12.0. The Morgan fingerprint density at radius 1 is 1.22 bits per heavy atom. The third-order valence-electron chi connectivity index (χ3n) is 3.22. The van der Waals surface area contributed by atoms with E-state index in [1.165, 1.54) is 0 Å². The van der Waals surface area contributed by atoms with Gasteiger partial charge >= 0.3 is 5.11 Å². The number of morpholine rings is 1. The molecular formula is C12H13ClN3OS+. The van der Waals surface area contributed by atoms with Gasteiger partial charge in [-0.05, 0) is 24.3 Å². The summed E-state index contributed by atoms with van der Waals surface area (Å²) in [7, 11) is 0. The van der Waals surface area contributed by atoms with Gasteiger partial charge in [0.1, 0.15) is 13.1 Å². The van der Waals surface area contributed by atoms with Crippen molar-refractivity contribution >= 4 is 34.8 Å². The minimum atomic E-state index is 0.466. The Hall–Kier alpha value is -1.01. The number of amidine groups is 1. The highest BCUT2D eigenvalue weighted by Crippen LogP contribution is 2.21. The van der Waals surface area contributed by atoms with Crippen molar-refractivity contribution in [1.29, 1.82) is 0 Å². The van der Waals surface area contributed by atoms with Gasteiger partial charge in [-0.15, -0.1) is 4.59 Å². The fourth-order valence-electron chi connectivity index (χ4n) is 2.15. The smallest absolute Gasteiger partial charge is 0.302 e. The standard InChI is InChI=1S/C12H12ClN3OS/c13-10-3-1-9(2-4-10)11-14-12(18)16(15-11)5-7-17-8-6-16/h1-4H,5-8H2/p+1. The lowest BCUT2D eigenvalue weighted by molar-refractivity contribution is -0.853. The van der Waals surface area contributed by atoms with Crippen LogP contribution < -0.4 is 5.32 Å². The lowest BCUT2D eigenvalue weighted by Crippen LogP contribution is -2.54. The summed E-state index contributed by atoms with van der Waals surface area (Å²) < 4.78 is 5.84. The van der Waals surface area contributed by atoms with Crippen LogP contribution in [0.5, 0.6) is 0 Å². The molecule has 0 aromatic heterocycles. The van der Waals surface area contributed by atoms with Crippen LogP contribution in [-0.2, 0) is 4.74 Å². The number of quaternary nitrogens is 1. The zero-order valence-electron chi connectivity index (χ0n) is 9.73. The van der Waals surface area contributed by atoms with Gasteiger partial charge in [0.25, 0.3) is 0 Å². The molecule has 0 saturated carbocycles. The van der Waals surface area contributed by atoms with Gasteiger partial charge in [0, 0.05) is 22.8 Å². The van der Waals surface area contributed by atoms with Gasteiger partial charge in [-0.25, -0.2) is 0 Å². The van der Waals surface area contributed by atoms with E-state index in [4.69, 9.17) is 33.7 Å². The predicted octanol–water partition coefficient (Wildman–Crippen LogP) is 1.74. The molecule has 1 aromatic rings. The molecule has 94 valence electrons. The molecule has 1 N–H and O–H groups in total. The van der Waals surface area contributed by atoms with Gasteiger partial charge in [-0.3, -0.25) is 5.32 Å². The van der Waals surface area contributed by atoms with E-state index < -0.39 is 0 Å². The molecule has 1 aromatic carbocycles. The summed E-state index contributed by atoms with van der Waals surface area (Å²) in [6.45, 7) is 2.98. The lowest BCUT2D eigenvalue weighted by atomic mass is 10.2. The van der Waals surface area contributed by atoms with Crippen molar-refractivity contribution in [2.75, 3.05) is 26.3 Å². The van der Waals surface area contributed by atoms with Crippen molar-refractivity contribution in [2.24, 2.45) is 5.10 Å². The van der Waals surface area contributed by atoms with E-state index in [9.17, 15) is 0 Å². The number of hydrogen-bond acceptors (Lipinski definition) is 3. The van der Waals surface area contributed by atoms with Crippen LogP contribution in [-0.4, -0.2) is 41.8 Å². The monoisotopic (exact) mass is 282 g/mol. The second kappa shape index (κ2) is 4.59. The summed E-state index contributed by atoms with van der Waals surface area (Å²) in [5, 5.41) is 9.41. The second-order valence-corrected chi connectivity index (χ2v) is 5.19. The van der Waals surface area contributed by atoms with Crippen molar-refractivity contribution < 1.29 is 9.33 Å². The van der Waals surface area contributed by atoms with E-state index in [2.05, 4.69) is 5.32 Å². The molecule has 1 saturated heterocycles. The SMILES string of the molecule is S=C1NC(c2ccc(Cl)cc2)=N[N+]12CCOCC2. The van der Waals surface area contributed by atoms with E-state index in [0.717, 1.165) is 34.6 Å². The highest BCUT2D eigenvalue weighted by molar-refractivity contribution is 7.80. The number of rotatable bonds is 1. The lowest BCUT2D eigenvalue weighted by Gasteiger charge is -2.29. The van der Waals surface area contributed by atoms with Crippen LogP contribution in [0.25, 0.3) is 0 Å². The number of halogens is 1. The van der Waals surface area contributed by atoms with Crippen molar-refractivity contribution in [3.8, 4) is 0 Å². The number of ether oxygens (including phenoxy) is 1. The van der Waals surface area contributed by atoms with Crippen LogP contribution in [0, 0.1) is 0 Å². The molecule has 0 amide bonds. The van der Waals surface area contributed by atoms with Crippen LogP contribution in [0.15, 0.2) is 29.4 Å². The Labute approximate surface area is 116 Å². The molecule has 18 heavy (non-hydrogen) atoms. The molecule has 0 bridgehead atoms. The van der Waals surface area contributed by atoms with Gasteiger partial charge in [-0.1, -0.05) is 16.7 Å². The number of nitrogens with zero attached hydrogens (tertiary/aromatic N) is 2. The summed E-state index contributed by atoms with van der Waals surface area (Å²) in [6, 6.07) is 7.59. The molecule has 0 atom stereocenters. The molecule has 0 aliphatic carbocycles. The first-order chi connectivity index (χ1) is 8.70. The van der Waals surface area contributed by atoms with Crippen LogP contribution in [0.2, 0.25) is 5.02 Å². The quantitative estimate of drug-likeness (QED) is 0.629. The Morgan fingerprint density at radius 2 is 1.89 bits per heavy atom. The minimum Gasteiger partial charge on any atom is -0.370 e. The highest BCUT2D eigenvalue weighted by Gasteiger charge is 2.42. The maximum atomic E-state index is 5.88. The van der Waals surface area contributed by atoms with E-state index in [0.29, 0.717) is 17.8 Å². The summed E-state index contributed by atoms with van der Waals surface area (Å²) in [5.74, 6) is 0.818. The first-order valence-corrected chi connectivity index (χ1v) is 6.61. The van der Waals surface area contributed by atoms with Crippen LogP contribution in [0.4, 0.5) is 0 Å². The van der Waals surface area contributed by atoms with Gasteiger partial charge in [-0.2, -0.15) is 0 Å². The molecule has 2 heterocycles. The topological polar surface area (TPSA) is 33.6 Å². The Morgan fingerprint density at radius 3 is 2.56 bits per heavy atom. The van der Waals surface area contributed by atoms with E-state index >= 15 is 0 Å². The average Bonchev–Trinajstić information content (AvgIpc) is 2.69. The largest absolute Gasteiger partial charge is 0.370 e. The maximum Gasteiger partial charge on any atom is 0.302 e. The van der Waals surface area contributed by atoms with E-state index in [1.54, 1.807) is 0 Å². The fourth-order valence-corrected chi connectivity index (χ4v) is 2.60. The highest BCUT2D eigenvalue weighted by atomic mass is 35.5. The average molecular weight is 283 g/mol. The molecule has 3 rings (SSSR count). The number of hydrogen-bond donors (Lipinski definition) is 1. The Kier molecular flexibility index (Phi) is 3.07. The van der Waals surface area contributed by atoms with Crippen LogP contribution >= 0.6 is 23.8 Å². The van der Waals surface area contributed by atoms with Crippen molar-refractivity contribution in [3.05, 3.63) is 34.9 Å². The molecule has 2 aliphatic heterocycles. The Bertz CT molecular complexity index is 509. The second-order valence-electron chi connectivity index (χ2n) is 4.37. The fraction of sp³-hybridized carbons (Fsp3) is 0.333. The molecule has 2 aliphatic rings. The summed E-state index contributed by atoms with van der Waals surface area (Å²) in [5.41, 5.74) is 1.00. The number of nitrogens with one attached hydrogen (secondary N) is 1. The molecule has 6 heteroatoms. The maximum absolute atomic E-state index is 5.88. The molecule has 1 spiro atoms. The third-order valence-corrected chi connectivity index (χ3v) is 3.92. The normalized spacial score (nSPS) is 21.8. The van der Waals surface area contributed by atoms with Crippen molar-refractivity contribution in [1.82, 2.24) is 5.32 Å². The third kappa shape index (κ3) is 2.03. The zero-order chi connectivity index (χ0) is 12.6. The number of thiocarbonyl (C=S) groups is 1. The first-order valence-electron chi connectivity index (χ1n) is 5.82. The molecule has 0 radical (unpaired) electrons. The Balaban J connectivity index is 1.92. The molecule has 0 unspecified atom stereocenters. The summed E-state index contributed by atoms with van der Waals surface area (Å²) >= 11 is 11.3. The minimum absolute atomic E-state index is 0.466. The van der Waals surface area contributed by atoms with Gasteiger partial charge in [0.05, 0.1) is 13.2 Å². The summed E-state index contributed by atoms with van der Waals surface area (Å²) in [4.78, 5) is 0.